The summed E-state index contributed by atoms with van der Waals surface area (Å²) in [6.45, 7) is 0. The van der Waals surface area contributed by atoms with Crippen LogP contribution < -0.4 is 13.8 Å². The molecule has 8 aromatic carbocycles. The monoisotopic (exact) mass is 728 g/mol. The number of hydrogen-bond donors (Lipinski definition) is 0. The minimum atomic E-state index is -0.508. The zero-order chi connectivity index (χ0) is 34.2. The third-order valence-electron chi connectivity index (χ3n) is 11.0. The van der Waals surface area contributed by atoms with Gasteiger partial charge in [0.1, 0.15) is 0 Å². The van der Waals surface area contributed by atoms with Crippen LogP contribution in [0.15, 0.2) is 194 Å². The molecule has 9 aromatic rings. The Hall–Kier alpha value is -6.12. The second kappa shape index (κ2) is 11.4. The van der Waals surface area contributed by atoms with Gasteiger partial charge in [-0.2, -0.15) is 0 Å². The van der Waals surface area contributed by atoms with E-state index in [4.69, 9.17) is 0 Å². The van der Waals surface area contributed by atoms with Gasteiger partial charge < -0.3 is 0 Å². The molecule has 0 bridgehead atoms. The van der Waals surface area contributed by atoms with Gasteiger partial charge >= 0.3 is 293 Å². The van der Waals surface area contributed by atoms with Gasteiger partial charge in [-0.25, -0.2) is 0 Å². The number of para-hydroxylation sites is 3. The van der Waals surface area contributed by atoms with Gasteiger partial charge in [0, 0.05) is 0 Å². The summed E-state index contributed by atoms with van der Waals surface area (Å²) in [4.78, 5) is 2.52. The van der Waals surface area contributed by atoms with E-state index in [1.165, 1.54) is 81.2 Å². The molecule has 0 saturated heterocycles. The summed E-state index contributed by atoms with van der Waals surface area (Å²) in [6.07, 6.45) is 0. The molecule has 0 atom stereocenters. The zero-order valence-electron chi connectivity index (χ0n) is 28.3. The summed E-state index contributed by atoms with van der Waals surface area (Å²) in [7, 11) is 0. The number of hydrogen-bond acceptors (Lipinski definition) is 1. The fourth-order valence-corrected chi connectivity index (χ4v) is 11.4. The van der Waals surface area contributed by atoms with E-state index in [0.717, 1.165) is 5.69 Å². The van der Waals surface area contributed by atoms with Crippen LogP contribution in [0.1, 0.15) is 22.3 Å². The van der Waals surface area contributed by atoms with Crippen molar-refractivity contribution < 1.29 is 0 Å². The van der Waals surface area contributed by atoms with Crippen molar-refractivity contribution in [3.63, 3.8) is 0 Å². The fourth-order valence-electron chi connectivity index (χ4n) is 8.89. The first-order valence-electron chi connectivity index (χ1n) is 17.9. The molecule has 2 nitrogen and oxygen atoms in total. The maximum atomic E-state index is 2.53. The van der Waals surface area contributed by atoms with Crippen molar-refractivity contribution in [2.24, 2.45) is 0 Å². The van der Waals surface area contributed by atoms with Crippen LogP contribution >= 0.6 is 0 Å². The molecular formula is C49H32N2Se. The quantitative estimate of drug-likeness (QED) is 0.165. The number of anilines is 3. The topological polar surface area (TPSA) is 8.17 Å². The van der Waals surface area contributed by atoms with Crippen molar-refractivity contribution in [3.8, 4) is 16.8 Å². The van der Waals surface area contributed by atoms with Crippen molar-refractivity contribution in [2.75, 3.05) is 4.90 Å². The summed E-state index contributed by atoms with van der Waals surface area (Å²) in [5.74, 6) is 0. The smallest absolute Gasteiger partial charge is 0.0617 e. The van der Waals surface area contributed by atoms with Gasteiger partial charge in [-0.15, -0.1) is 0 Å². The van der Waals surface area contributed by atoms with Gasteiger partial charge in [-0.3, -0.25) is 0 Å². The minimum Gasteiger partial charge on any atom is -0.0617 e. The Morgan fingerprint density at radius 1 is 0.365 bits per heavy atom. The Labute approximate surface area is 309 Å². The number of aromatic nitrogens is 1. The van der Waals surface area contributed by atoms with Crippen LogP contribution in [0, 0.1) is 0 Å². The zero-order valence-corrected chi connectivity index (χ0v) is 30.0. The van der Waals surface area contributed by atoms with E-state index in [1.807, 2.05) is 0 Å². The van der Waals surface area contributed by atoms with Crippen LogP contribution in [0.25, 0.3) is 38.6 Å². The van der Waals surface area contributed by atoms with Crippen molar-refractivity contribution in [3.05, 3.63) is 216 Å². The van der Waals surface area contributed by atoms with Gasteiger partial charge in [0.25, 0.3) is 0 Å². The van der Waals surface area contributed by atoms with Gasteiger partial charge in [-0.05, 0) is 0 Å². The molecule has 0 aliphatic carbocycles. The first kappa shape index (κ1) is 29.6. The molecule has 244 valence electrons. The summed E-state index contributed by atoms with van der Waals surface area (Å²) in [5, 5.41) is 2.50. The molecule has 0 N–H and O–H groups in total. The third kappa shape index (κ3) is 4.12. The SMILES string of the molecule is c1ccc(-c2ccc(N3c4ccccc4C4(c5ccccc5[Se]c5ccccc54)c4cc5c(cc43)c3ccccc3n5-c3ccccc3)cc2)cc1. The van der Waals surface area contributed by atoms with Crippen molar-refractivity contribution >= 4 is 62.7 Å². The third-order valence-corrected chi connectivity index (χ3v) is 13.4. The molecule has 0 fully saturated rings. The Balaban J connectivity index is 1.29. The molecule has 2 aliphatic heterocycles. The average molecular weight is 728 g/mol. The number of fused-ring (bicyclic) bond motifs is 11. The van der Waals surface area contributed by atoms with Gasteiger partial charge in [0.2, 0.25) is 0 Å². The first-order chi connectivity index (χ1) is 25.8. The normalized spacial score (nSPS) is 13.8. The summed E-state index contributed by atoms with van der Waals surface area (Å²) < 4.78 is 5.35. The molecule has 52 heavy (non-hydrogen) atoms. The second-order valence-electron chi connectivity index (χ2n) is 13.7. The van der Waals surface area contributed by atoms with Crippen LogP contribution in [0.3, 0.4) is 0 Å². The number of rotatable bonds is 3. The number of benzene rings is 8. The molecule has 1 aromatic heterocycles. The average Bonchev–Trinajstić information content (AvgIpc) is 3.54. The van der Waals surface area contributed by atoms with E-state index in [9.17, 15) is 0 Å². The molecule has 0 radical (unpaired) electrons. The van der Waals surface area contributed by atoms with Crippen LogP contribution in [0.2, 0.25) is 0 Å². The Kier molecular flexibility index (Phi) is 6.52. The standard InChI is InChI=1S/C49H32N2Se/c1-3-15-33(16-4-1)34-27-29-36(30-28-34)51-44-24-12-8-20-39(44)49(40-21-9-13-25-47(40)52-48-26-14-10-22-41(48)49)42-32-45-38(31-46(42)51)37-19-7-11-23-43(37)50(45)35-17-5-2-6-18-35/h1-32H. The minimum absolute atomic E-state index is 0.195. The van der Waals surface area contributed by atoms with Gasteiger partial charge in [-0.1, -0.05) is 18.2 Å². The van der Waals surface area contributed by atoms with E-state index in [2.05, 4.69) is 204 Å². The molecule has 3 heterocycles. The summed E-state index contributed by atoms with van der Waals surface area (Å²) in [5.41, 5.74) is 14.5. The van der Waals surface area contributed by atoms with E-state index >= 15 is 0 Å². The van der Waals surface area contributed by atoms with Gasteiger partial charge in [0.05, 0.1) is 0 Å². The summed E-state index contributed by atoms with van der Waals surface area (Å²) >= 11 is 0.195. The Morgan fingerprint density at radius 2 is 0.942 bits per heavy atom. The van der Waals surface area contributed by atoms with Crippen LogP contribution in [0.4, 0.5) is 17.1 Å². The first-order valence-corrected chi connectivity index (χ1v) is 19.6. The van der Waals surface area contributed by atoms with Crippen LogP contribution in [-0.4, -0.2) is 19.5 Å². The van der Waals surface area contributed by atoms with Crippen molar-refractivity contribution in [1.82, 2.24) is 4.57 Å². The van der Waals surface area contributed by atoms with E-state index in [0.29, 0.717) is 0 Å². The van der Waals surface area contributed by atoms with Crippen molar-refractivity contribution in [1.29, 1.82) is 0 Å². The van der Waals surface area contributed by atoms with Gasteiger partial charge in [0.15, 0.2) is 0 Å². The molecule has 0 amide bonds. The predicted octanol–water partition coefficient (Wildman–Crippen LogP) is 10.6. The Bertz CT molecular complexity index is 2770. The van der Waals surface area contributed by atoms with Crippen molar-refractivity contribution in [2.45, 2.75) is 5.41 Å². The molecule has 3 heteroatoms. The molecule has 11 rings (SSSR count). The summed E-state index contributed by atoms with van der Waals surface area (Å²) in [6, 6.07) is 72.1. The number of nitrogens with zero attached hydrogens (tertiary/aromatic N) is 2. The second-order valence-corrected chi connectivity index (χ2v) is 16.0. The van der Waals surface area contributed by atoms with E-state index in [1.54, 1.807) is 0 Å². The Morgan fingerprint density at radius 3 is 1.67 bits per heavy atom. The molecule has 0 saturated carbocycles. The molecule has 1 spiro atoms. The van der Waals surface area contributed by atoms with Crippen LogP contribution in [-0.2, 0) is 5.41 Å². The van der Waals surface area contributed by atoms with Crippen LogP contribution in [0.5, 0.6) is 0 Å². The predicted molar refractivity (Wildman–Crippen MR) is 218 cm³/mol. The molecular weight excluding hydrogens is 696 g/mol. The molecule has 2 aliphatic rings. The fraction of sp³-hybridized carbons (Fsp3) is 0.0204. The molecule has 0 unspecified atom stereocenters. The maximum absolute atomic E-state index is 2.53. The van der Waals surface area contributed by atoms with E-state index in [-0.39, 0.29) is 15.0 Å². The van der Waals surface area contributed by atoms with E-state index < -0.39 is 5.41 Å².